The Morgan fingerprint density at radius 3 is 2.76 bits per heavy atom. The number of ether oxygens (including phenoxy) is 1. The topological polar surface area (TPSA) is 46.5 Å². The van der Waals surface area contributed by atoms with Gasteiger partial charge in [-0.15, -0.1) is 11.8 Å². The van der Waals surface area contributed by atoms with Crippen LogP contribution in [-0.4, -0.2) is 23.4 Å². The molecule has 1 N–H and O–H groups in total. The average Bonchev–Trinajstić information content (AvgIpc) is 2.45. The molecule has 2 aromatic rings. The van der Waals surface area contributed by atoms with Crippen molar-refractivity contribution in [3.8, 4) is 5.75 Å². The average molecular weight is 371 g/mol. The lowest BCUT2D eigenvalue weighted by atomic mass is 10.2. The molecule has 0 amide bonds. The van der Waals surface area contributed by atoms with Gasteiger partial charge in [0.25, 0.3) is 0 Å². The summed E-state index contributed by atoms with van der Waals surface area (Å²) in [6, 6.07) is 11.2. The van der Waals surface area contributed by atoms with Crippen molar-refractivity contribution < 1.29 is 19.0 Å². The lowest BCUT2D eigenvalue weighted by Gasteiger charge is -2.09. The Morgan fingerprint density at radius 2 is 2.05 bits per heavy atom. The van der Waals surface area contributed by atoms with Gasteiger partial charge in [0.15, 0.2) is 0 Å². The number of aromatic carboxylic acids is 1. The molecule has 0 aliphatic rings. The van der Waals surface area contributed by atoms with E-state index in [0.29, 0.717) is 16.4 Å². The van der Waals surface area contributed by atoms with E-state index in [2.05, 4.69) is 15.9 Å². The van der Waals surface area contributed by atoms with Gasteiger partial charge in [-0.05, 0) is 30.3 Å². The normalized spacial score (nSPS) is 10.4. The molecule has 0 aromatic heterocycles. The Balaban J connectivity index is 1.93. The molecule has 0 atom stereocenters. The van der Waals surface area contributed by atoms with Crippen molar-refractivity contribution in [2.75, 3.05) is 12.4 Å². The molecule has 3 nitrogen and oxygen atoms in total. The molecule has 21 heavy (non-hydrogen) atoms. The Labute approximate surface area is 134 Å². The summed E-state index contributed by atoms with van der Waals surface area (Å²) in [6.45, 7) is 0.287. The molecule has 0 aliphatic carbocycles. The van der Waals surface area contributed by atoms with Crippen LogP contribution in [0, 0.1) is 5.82 Å². The number of hydrogen-bond donors (Lipinski definition) is 1. The monoisotopic (exact) mass is 370 g/mol. The lowest BCUT2D eigenvalue weighted by Crippen LogP contribution is -2.06. The number of hydrogen-bond acceptors (Lipinski definition) is 3. The molecule has 0 saturated carbocycles. The van der Waals surface area contributed by atoms with Crippen molar-refractivity contribution in [3.05, 3.63) is 58.3 Å². The molecular weight excluding hydrogens is 359 g/mol. The highest BCUT2D eigenvalue weighted by Crippen LogP contribution is 2.25. The lowest BCUT2D eigenvalue weighted by molar-refractivity contribution is 0.0692. The Hall–Kier alpha value is -1.53. The molecule has 0 radical (unpaired) electrons. The van der Waals surface area contributed by atoms with Crippen LogP contribution in [0.1, 0.15) is 10.4 Å². The molecular formula is C15H12BrFO3S. The molecule has 2 aromatic carbocycles. The highest BCUT2D eigenvalue weighted by Gasteiger charge is 2.11. The quantitative estimate of drug-likeness (QED) is 0.602. The molecule has 6 heteroatoms. The molecule has 2 rings (SSSR count). The highest BCUT2D eigenvalue weighted by atomic mass is 79.9. The van der Waals surface area contributed by atoms with Crippen LogP contribution in [-0.2, 0) is 0 Å². The first-order valence-corrected chi connectivity index (χ1v) is 7.89. The predicted molar refractivity (Wildman–Crippen MR) is 83.7 cm³/mol. The van der Waals surface area contributed by atoms with Crippen molar-refractivity contribution in [2.24, 2.45) is 0 Å². The fourth-order valence-electron chi connectivity index (χ4n) is 1.66. The zero-order valence-corrected chi connectivity index (χ0v) is 13.3. The standard InChI is InChI=1S/C15H12BrFO3S/c16-10-5-6-11(15(18)19)13(9-10)20-7-8-21-14-4-2-1-3-12(14)17/h1-6,9H,7-8H2,(H,18,19). The van der Waals surface area contributed by atoms with Gasteiger partial charge in [-0.1, -0.05) is 28.1 Å². The zero-order chi connectivity index (χ0) is 15.2. The summed E-state index contributed by atoms with van der Waals surface area (Å²) >= 11 is 4.60. The van der Waals surface area contributed by atoms with Gasteiger partial charge in [0.1, 0.15) is 17.1 Å². The fraction of sp³-hybridized carbons (Fsp3) is 0.133. The van der Waals surface area contributed by atoms with Crippen LogP contribution < -0.4 is 4.74 Å². The van der Waals surface area contributed by atoms with Crippen molar-refractivity contribution in [3.63, 3.8) is 0 Å². The summed E-state index contributed by atoms with van der Waals surface area (Å²) in [4.78, 5) is 11.6. The molecule has 0 fully saturated rings. The number of carbonyl (C=O) groups is 1. The van der Waals surface area contributed by atoms with Crippen LogP contribution in [0.4, 0.5) is 4.39 Å². The van der Waals surface area contributed by atoms with Crippen molar-refractivity contribution >= 4 is 33.7 Å². The van der Waals surface area contributed by atoms with E-state index < -0.39 is 5.97 Å². The third-order valence-corrected chi connectivity index (χ3v) is 4.12. The maximum Gasteiger partial charge on any atom is 0.339 e. The van der Waals surface area contributed by atoms with Crippen molar-refractivity contribution in [2.45, 2.75) is 4.90 Å². The minimum absolute atomic E-state index is 0.106. The van der Waals surface area contributed by atoms with Crippen LogP contribution in [0.25, 0.3) is 0 Å². The van der Waals surface area contributed by atoms with Crippen LogP contribution in [0.2, 0.25) is 0 Å². The first kappa shape index (κ1) is 15.9. The third-order valence-electron chi connectivity index (χ3n) is 2.61. The molecule has 0 saturated heterocycles. The van der Waals surface area contributed by atoms with E-state index in [1.165, 1.54) is 23.9 Å². The first-order chi connectivity index (χ1) is 10.1. The molecule has 0 unspecified atom stereocenters. The van der Waals surface area contributed by atoms with Gasteiger partial charge in [0.2, 0.25) is 0 Å². The Morgan fingerprint density at radius 1 is 1.29 bits per heavy atom. The van der Waals surface area contributed by atoms with E-state index >= 15 is 0 Å². The molecule has 0 bridgehead atoms. The fourth-order valence-corrected chi connectivity index (χ4v) is 2.76. The van der Waals surface area contributed by atoms with E-state index in [1.807, 2.05) is 0 Å². The van der Waals surface area contributed by atoms with Gasteiger partial charge in [0, 0.05) is 15.1 Å². The second-order valence-electron chi connectivity index (χ2n) is 4.07. The summed E-state index contributed by atoms with van der Waals surface area (Å²) in [5, 5.41) is 9.08. The molecule has 0 aliphatic heterocycles. The van der Waals surface area contributed by atoms with Crippen LogP contribution >= 0.6 is 27.7 Å². The Kier molecular flexibility index (Phi) is 5.64. The molecule has 0 heterocycles. The predicted octanol–water partition coefficient (Wildman–Crippen LogP) is 4.46. The summed E-state index contributed by atoms with van der Waals surface area (Å²) in [7, 11) is 0. The van der Waals surface area contributed by atoms with Crippen LogP contribution in [0.15, 0.2) is 51.8 Å². The maximum absolute atomic E-state index is 13.4. The minimum atomic E-state index is -1.04. The van der Waals surface area contributed by atoms with E-state index in [4.69, 9.17) is 9.84 Å². The third kappa shape index (κ3) is 4.47. The largest absolute Gasteiger partial charge is 0.492 e. The van der Waals surface area contributed by atoms with E-state index in [-0.39, 0.29) is 18.0 Å². The second kappa shape index (κ2) is 7.47. The van der Waals surface area contributed by atoms with Gasteiger partial charge in [0.05, 0.1) is 6.61 Å². The van der Waals surface area contributed by atoms with Gasteiger partial charge in [-0.25, -0.2) is 9.18 Å². The smallest absolute Gasteiger partial charge is 0.339 e. The minimum Gasteiger partial charge on any atom is -0.492 e. The number of carboxylic acid groups (broad SMARTS) is 1. The van der Waals surface area contributed by atoms with E-state index in [9.17, 15) is 9.18 Å². The second-order valence-corrected chi connectivity index (χ2v) is 6.13. The number of rotatable bonds is 6. The van der Waals surface area contributed by atoms with E-state index in [0.717, 1.165) is 4.47 Å². The maximum atomic E-state index is 13.4. The van der Waals surface area contributed by atoms with Crippen LogP contribution in [0.5, 0.6) is 5.75 Å². The highest BCUT2D eigenvalue weighted by molar-refractivity contribution is 9.10. The Bertz CT molecular complexity index is 649. The van der Waals surface area contributed by atoms with Gasteiger partial charge in [-0.2, -0.15) is 0 Å². The number of carboxylic acids is 1. The summed E-state index contributed by atoms with van der Waals surface area (Å²) < 4.78 is 19.6. The summed E-state index contributed by atoms with van der Waals surface area (Å²) in [5.41, 5.74) is 0.106. The van der Waals surface area contributed by atoms with Crippen molar-refractivity contribution in [1.29, 1.82) is 0 Å². The van der Waals surface area contributed by atoms with Crippen molar-refractivity contribution in [1.82, 2.24) is 0 Å². The number of halogens is 2. The number of benzene rings is 2. The number of thioether (sulfide) groups is 1. The zero-order valence-electron chi connectivity index (χ0n) is 10.9. The van der Waals surface area contributed by atoms with Gasteiger partial charge in [-0.3, -0.25) is 0 Å². The molecule has 110 valence electrons. The van der Waals surface area contributed by atoms with Gasteiger partial charge < -0.3 is 9.84 Å². The summed E-state index contributed by atoms with van der Waals surface area (Å²) in [5.74, 6) is -0.492. The van der Waals surface area contributed by atoms with Gasteiger partial charge >= 0.3 is 5.97 Å². The van der Waals surface area contributed by atoms with E-state index in [1.54, 1.807) is 30.3 Å². The first-order valence-electron chi connectivity index (χ1n) is 6.11. The SMILES string of the molecule is O=C(O)c1ccc(Br)cc1OCCSc1ccccc1F. The molecule has 0 spiro atoms. The van der Waals surface area contributed by atoms with Crippen LogP contribution in [0.3, 0.4) is 0 Å². The summed E-state index contributed by atoms with van der Waals surface area (Å²) in [6.07, 6.45) is 0.